The number of nitrogens with one attached hydrogen (secondary N) is 1. The second-order valence-electron chi connectivity index (χ2n) is 4.58. The monoisotopic (exact) mass is 352 g/mol. The first kappa shape index (κ1) is 14.1. The molecule has 0 amide bonds. The molecule has 0 saturated carbocycles. The molecule has 0 aromatic heterocycles. The van der Waals surface area contributed by atoms with Crippen molar-refractivity contribution in [1.29, 1.82) is 0 Å². The molecule has 4 nitrogen and oxygen atoms in total. The third kappa shape index (κ3) is 2.99. The van der Waals surface area contributed by atoms with Crippen molar-refractivity contribution in [1.82, 2.24) is 0 Å². The van der Waals surface area contributed by atoms with E-state index >= 15 is 0 Å². The van der Waals surface area contributed by atoms with Crippen LogP contribution in [-0.4, -0.2) is 32.0 Å². The molecule has 7 heteroatoms. The van der Waals surface area contributed by atoms with Gasteiger partial charge in [-0.1, -0.05) is 11.6 Å². The minimum absolute atomic E-state index is 0.0801. The lowest BCUT2D eigenvalue weighted by molar-refractivity contribution is 0.534. The van der Waals surface area contributed by atoms with Crippen LogP contribution in [0.25, 0.3) is 0 Å². The van der Waals surface area contributed by atoms with Gasteiger partial charge in [-0.15, -0.1) is 0 Å². The number of halogens is 2. The molecule has 1 unspecified atom stereocenters. The SMILES string of the molecule is NCC1(Nc2ccc(Cl)c(Br)c2)CCS(=O)(=O)C1. The lowest BCUT2D eigenvalue weighted by Gasteiger charge is -2.28. The van der Waals surface area contributed by atoms with Crippen molar-refractivity contribution in [3.63, 3.8) is 0 Å². The van der Waals surface area contributed by atoms with Gasteiger partial charge in [0.2, 0.25) is 0 Å². The normalized spacial score (nSPS) is 26.2. The van der Waals surface area contributed by atoms with Crippen LogP contribution in [0.15, 0.2) is 22.7 Å². The summed E-state index contributed by atoms with van der Waals surface area (Å²) in [6.45, 7) is 0.284. The van der Waals surface area contributed by atoms with Crippen LogP contribution in [0.4, 0.5) is 5.69 Å². The molecule has 0 spiro atoms. The van der Waals surface area contributed by atoms with Gasteiger partial charge in [0.15, 0.2) is 9.84 Å². The van der Waals surface area contributed by atoms with Crippen LogP contribution in [0.2, 0.25) is 5.02 Å². The molecule has 18 heavy (non-hydrogen) atoms. The molecule has 0 bridgehead atoms. The van der Waals surface area contributed by atoms with Crippen molar-refractivity contribution >= 4 is 43.1 Å². The number of rotatable bonds is 3. The lowest BCUT2D eigenvalue weighted by Crippen LogP contribution is -2.46. The van der Waals surface area contributed by atoms with E-state index in [2.05, 4.69) is 21.2 Å². The van der Waals surface area contributed by atoms with E-state index in [1.807, 2.05) is 12.1 Å². The molecule has 1 fully saturated rings. The predicted molar refractivity (Wildman–Crippen MR) is 77.8 cm³/mol. The summed E-state index contributed by atoms with van der Waals surface area (Å²) in [4.78, 5) is 0. The number of hydrogen-bond donors (Lipinski definition) is 2. The molecule has 1 aliphatic rings. The van der Waals surface area contributed by atoms with Crippen LogP contribution in [0.1, 0.15) is 6.42 Å². The van der Waals surface area contributed by atoms with Gasteiger partial charge in [0, 0.05) is 16.7 Å². The quantitative estimate of drug-likeness (QED) is 0.872. The van der Waals surface area contributed by atoms with Crippen LogP contribution in [0.3, 0.4) is 0 Å². The van der Waals surface area contributed by atoms with Crippen molar-refractivity contribution < 1.29 is 8.42 Å². The fraction of sp³-hybridized carbons (Fsp3) is 0.455. The van der Waals surface area contributed by atoms with E-state index in [4.69, 9.17) is 17.3 Å². The molecule has 2 rings (SSSR count). The minimum atomic E-state index is -2.98. The van der Waals surface area contributed by atoms with E-state index in [1.54, 1.807) is 6.07 Å². The van der Waals surface area contributed by atoms with Crippen molar-refractivity contribution in [2.75, 3.05) is 23.4 Å². The van der Waals surface area contributed by atoms with E-state index in [9.17, 15) is 8.42 Å². The Kier molecular flexibility index (Phi) is 3.92. The van der Waals surface area contributed by atoms with E-state index in [0.29, 0.717) is 11.4 Å². The summed E-state index contributed by atoms with van der Waals surface area (Å²) in [7, 11) is -2.98. The lowest BCUT2D eigenvalue weighted by atomic mass is 9.99. The van der Waals surface area contributed by atoms with Gasteiger partial charge in [-0.3, -0.25) is 0 Å². The fourth-order valence-electron chi connectivity index (χ4n) is 2.11. The highest BCUT2D eigenvalue weighted by molar-refractivity contribution is 9.10. The van der Waals surface area contributed by atoms with Gasteiger partial charge in [0.25, 0.3) is 0 Å². The average molecular weight is 354 g/mol. The molecule has 3 N–H and O–H groups in total. The Morgan fingerprint density at radius 2 is 2.22 bits per heavy atom. The van der Waals surface area contributed by atoms with Crippen molar-refractivity contribution in [3.8, 4) is 0 Å². The zero-order valence-electron chi connectivity index (χ0n) is 9.62. The largest absolute Gasteiger partial charge is 0.377 e. The average Bonchev–Trinajstić information content (AvgIpc) is 2.60. The molecular formula is C11H14BrClN2O2S. The maximum absolute atomic E-state index is 11.6. The van der Waals surface area contributed by atoms with Crippen LogP contribution in [-0.2, 0) is 9.84 Å². The summed E-state index contributed by atoms with van der Waals surface area (Å²) < 4.78 is 23.9. The number of hydrogen-bond acceptors (Lipinski definition) is 4. The second-order valence-corrected chi connectivity index (χ2v) is 8.03. The maximum Gasteiger partial charge on any atom is 0.152 e. The third-order valence-electron chi connectivity index (χ3n) is 3.11. The van der Waals surface area contributed by atoms with Gasteiger partial charge in [-0.25, -0.2) is 8.42 Å². The molecule has 1 heterocycles. The summed E-state index contributed by atoms with van der Waals surface area (Å²) >= 11 is 9.25. The molecule has 0 aliphatic carbocycles. The summed E-state index contributed by atoms with van der Waals surface area (Å²) in [6.07, 6.45) is 0.534. The summed E-state index contributed by atoms with van der Waals surface area (Å²) in [5.74, 6) is 0.267. The summed E-state index contributed by atoms with van der Waals surface area (Å²) in [5, 5.41) is 3.85. The Hall–Kier alpha value is -0.300. The first-order valence-corrected chi connectivity index (χ1v) is 8.49. The van der Waals surface area contributed by atoms with Crippen molar-refractivity contribution in [2.45, 2.75) is 12.0 Å². The Bertz CT molecular complexity index is 564. The highest BCUT2D eigenvalue weighted by Crippen LogP contribution is 2.30. The summed E-state index contributed by atoms with van der Waals surface area (Å²) in [6, 6.07) is 5.39. The van der Waals surface area contributed by atoms with E-state index in [1.165, 1.54) is 0 Å². The van der Waals surface area contributed by atoms with Crippen LogP contribution in [0.5, 0.6) is 0 Å². The maximum atomic E-state index is 11.6. The molecule has 1 saturated heterocycles. The fourth-order valence-corrected chi connectivity index (χ4v) is 4.63. The second kappa shape index (κ2) is 5.00. The van der Waals surface area contributed by atoms with E-state index in [0.717, 1.165) is 10.2 Å². The zero-order chi connectivity index (χ0) is 13.4. The van der Waals surface area contributed by atoms with E-state index in [-0.39, 0.29) is 18.1 Å². The van der Waals surface area contributed by atoms with Crippen LogP contribution >= 0.6 is 27.5 Å². The van der Waals surface area contributed by atoms with Gasteiger partial charge in [0.1, 0.15) is 0 Å². The Morgan fingerprint density at radius 3 is 2.72 bits per heavy atom. The smallest absolute Gasteiger partial charge is 0.152 e. The van der Waals surface area contributed by atoms with Crippen molar-refractivity contribution in [2.24, 2.45) is 5.73 Å². The first-order valence-electron chi connectivity index (χ1n) is 5.50. The van der Waals surface area contributed by atoms with Gasteiger partial charge in [-0.2, -0.15) is 0 Å². The van der Waals surface area contributed by atoms with Crippen LogP contribution in [0, 0.1) is 0 Å². The van der Waals surface area contributed by atoms with Crippen molar-refractivity contribution in [3.05, 3.63) is 27.7 Å². The van der Waals surface area contributed by atoms with E-state index < -0.39 is 15.4 Å². The molecule has 1 aliphatic heterocycles. The topological polar surface area (TPSA) is 72.2 Å². The molecule has 100 valence electrons. The first-order chi connectivity index (χ1) is 8.36. The van der Waals surface area contributed by atoms with Crippen LogP contribution < -0.4 is 11.1 Å². The van der Waals surface area contributed by atoms with Gasteiger partial charge >= 0.3 is 0 Å². The number of sulfone groups is 1. The standard InChI is InChI=1S/C11H14BrClN2O2S/c12-9-5-8(1-2-10(9)13)15-11(6-14)3-4-18(16,17)7-11/h1-2,5,15H,3-4,6-7,14H2. The minimum Gasteiger partial charge on any atom is -0.377 e. The highest BCUT2D eigenvalue weighted by Gasteiger charge is 2.41. The molecule has 1 aromatic carbocycles. The Morgan fingerprint density at radius 1 is 1.50 bits per heavy atom. The predicted octanol–water partition coefficient (Wildman–Crippen LogP) is 2.03. The molecule has 0 radical (unpaired) electrons. The third-order valence-corrected chi connectivity index (χ3v) is 6.14. The zero-order valence-corrected chi connectivity index (χ0v) is 12.8. The Labute approximate surface area is 120 Å². The highest BCUT2D eigenvalue weighted by atomic mass is 79.9. The van der Waals surface area contributed by atoms with Gasteiger partial charge < -0.3 is 11.1 Å². The molecule has 1 aromatic rings. The van der Waals surface area contributed by atoms with Gasteiger partial charge in [0.05, 0.1) is 22.1 Å². The number of benzene rings is 1. The van der Waals surface area contributed by atoms with Gasteiger partial charge in [-0.05, 0) is 40.5 Å². The number of anilines is 1. The molecule has 1 atom stereocenters. The number of nitrogens with two attached hydrogens (primary N) is 1. The summed E-state index contributed by atoms with van der Waals surface area (Å²) in [5.41, 5.74) is 5.99. The molecular weight excluding hydrogens is 340 g/mol. The Balaban J connectivity index is 2.23.